The molecule has 9 rings (SSSR count). The Balaban J connectivity index is 0.683. The molecule has 14 nitrogen and oxygen atoms in total. The van der Waals surface area contributed by atoms with Crippen molar-refractivity contribution in [3.63, 3.8) is 0 Å². The summed E-state index contributed by atoms with van der Waals surface area (Å²) >= 11 is 0. The third-order valence-corrected chi connectivity index (χ3v) is 13.6. The zero-order valence-corrected chi connectivity index (χ0v) is 35.6. The number of unbranched alkanes of at least 4 members (excludes halogenated alkanes) is 1. The Morgan fingerprint density at radius 1 is 0.903 bits per heavy atom. The van der Waals surface area contributed by atoms with Crippen LogP contribution in [0.25, 0.3) is 32.9 Å². The maximum atomic E-state index is 13.9. The molecule has 3 fully saturated rings. The van der Waals surface area contributed by atoms with Gasteiger partial charge in [-0.15, -0.1) is 0 Å². The number of amides is 5. The molecule has 1 saturated heterocycles. The number of aromatic nitrogens is 3. The lowest BCUT2D eigenvalue weighted by atomic mass is 9.52. The normalized spacial score (nSPS) is 24.5. The lowest BCUT2D eigenvalue weighted by Gasteiger charge is -2.55. The smallest absolute Gasteiger partial charge is 0.262 e. The molecule has 2 aliphatic carbocycles. The number of hydrogen-bond donors (Lipinski definition) is 1. The second-order valence-electron chi connectivity index (χ2n) is 17.9. The summed E-state index contributed by atoms with van der Waals surface area (Å²) in [6.45, 7) is 5.84. The van der Waals surface area contributed by atoms with Crippen molar-refractivity contribution in [2.24, 2.45) is 17.9 Å². The van der Waals surface area contributed by atoms with Gasteiger partial charge in [-0.25, -0.2) is 4.98 Å². The van der Waals surface area contributed by atoms with Crippen LogP contribution in [-0.2, 0) is 26.2 Å². The summed E-state index contributed by atoms with van der Waals surface area (Å²) in [7, 11) is 4.01. The quantitative estimate of drug-likeness (QED) is 0.0895. The second kappa shape index (κ2) is 16.3. The highest BCUT2D eigenvalue weighted by Crippen LogP contribution is 2.57. The van der Waals surface area contributed by atoms with E-state index in [-0.39, 0.29) is 52.9 Å². The Morgan fingerprint density at radius 2 is 1.68 bits per heavy atom. The summed E-state index contributed by atoms with van der Waals surface area (Å²) in [6.07, 6.45) is 11.2. The molecule has 4 aliphatic rings. The van der Waals surface area contributed by atoms with Gasteiger partial charge in [0.15, 0.2) is 0 Å². The third kappa shape index (κ3) is 7.48. The largest absolute Gasteiger partial charge is 0.494 e. The van der Waals surface area contributed by atoms with Gasteiger partial charge in [0.05, 0.1) is 35.3 Å². The lowest BCUT2D eigenvalue weighted by Crippen LogP contribution is -2.59. The fourth-order valence-electron chi connectivity index (χ4n) is 10.1. The van der Waals surface area contributed by atoms with E-state index in [1.807, 2.05) is 48.7 Å². The van der Waals surface area contributed by atoms with Crippen molar-refractivity contribution in [1.29, 1.82) is 0 Å². The van der Waals surface area contributed by atoms with Gasteiger partial charge in [-0.3, -0.25) is 39.2 Å². The topological polar surface area (TPSA) is 162 Å². The molecule has 322 valence electrons. The predicted molar refractivity (Wildman–Crippen MR) is 230 cm³/mol. The minimum atomic E-state index is -1.01. The number of aryl methyl sites for hydroxylation is 1. The van der Waals surface area contributed by atoms with Crippen LogP contribution in [0.1, 0.15) is 92.4 Å². The van der Waals surface area contributed by atoms with Crippen LogP contribution in [0, 0.1) is 10.8 Å². The van der Waals surface area contributed by atoms with Crippen molar-refractivity contribution in [1.82, 2.24) is 29.7 Å². The molecule has 62 heavy (non-hydrogen) atoms. The van der Waals surface area contributed by atoms with Crippen molar-refractivity contribution in [2.75, 3.05) is 26.9 Å². The van der Waals surface area contributed by atoms with Gasteiger partial charge in [0.25, 0.3) is 11.8 Å². The third-order valence-electron chi connectivity index (χ3n) is 13.6. The van der Waals surface area contributed by atoms with Gasteiger partial charge in [0, 0.05) is 92.5 Å². The SMILES string of the molecule is CCC1(C(=O)N(C)C2CC(Oc3ccc(-c4ccc5c6cnccc6n(C)c5c4)cn3)C2)CC(C)(COCCCCOc2ccc3c(c2)C(=O)N(C2CCC(=O)NC2=O)C3=O)C1. The van der Waals surface area contributed by atoms with Crippen LogP contribution in [0.5, 0.6) is 11.6 Å². The van der Waals surface area contributed by atoms with Gasteiger partial charge in [0.1, 0.15) is 17.9 Å². The zero-order valence-electron chi connectivity index (χ0n) is 35.6. The van der Waals surface area contributed by atoms with Crippen LogP contribution >= 0.6 is 0 Å². The second-order valence-corrected chi connectivity index (χ2v) is 17.9. The number of nitrogens with one attached hydrogen (secondary N) is 1. The molecule has 0 radical (unpaired) electrons. The molecular formula is C48H52N6O8. The van der Waals surface area contributed by atoms with E-state index in [9.17, 15) is 24.0 Å². The molecule has 0 bridgehead atoms. The predicted octanol–water partition coefficient (Wildman–Crippen LogP) is 6.63. The van der Waals surface area contributed by atoms with Gasteiger partial charge in [-0.1, -0.05) is 26.0 Å². The number of carbonyl (C=O) groups excluding carboxylic acids is 5. The van der Waals surface area contributed by atoms with E-state index in [1.54, 1.807) is 12.1 Å². The van der Waals surface area contributed by atoms with Gasteiger partial charge < -0.3 is 23.7 Å². The molecule has 14 heteroatoms. The fraction of sp³-hybridized carbons (Fsp3) is 0.438. The van der Waals surface area contributed by atoms with Crippen molar-refractivity contribution in [3.8, 4) is 22.8 Å². The lowest BCUT2D eigenvalue weighted by molar-refractivity contribution is -0.167. The molecule has 1 unspecified atom stereocenters. The molecule has 0 spiro atoms. The first-order valence-electron chi connectivity index (χ1n) is 21.7. The molecule has 3 aromatic heterocycles. The molecule has 5 heterocycles. The summed E-state index contributed by atoms with van der Waals surface area (Å²) in [6, 6.07) is 16.3. The maximum absolute atomic E-state index is 13.9. The Morgan fingerprint density at radius 3 is 2.44 bits per heavy atom. The summed E-state index contributed by atoms with van der Waals surface area (Å²) in [5, 5.41) is 4.52. The van der Waals surface area contributed by atoms with Gasteiger partial charge >= 0.3 is 0 Å². The first-order chi connectivity index (χ1) is 29.9. The van der Waals surface area contributed by atoms with Crippen LogP contribution in [0.4, 0.5) is 0 Å². The summed E-state index contributed by atoms with van der Waals surface area (Å²) in [5.74, 6) is -0.903. The first kappa shape index (κ1) is 41.2. The van der Waals surface area contributed by atoms with Crippen molar-refractivity contribution in [3.05, 3.63) is 84.3 Å². The Labute approximate surface area is 359 Å². The van der Waals surface area contributed by atoms with E-state index in [2.05, 4.69) is 58.9 Å². The van der Waals surface area contributed by atoms with Crippen LogP contribution < -0.4 is 14.8 Å². The number of nitrogens with zero attached hydrogens (tertiary/aromatic N) is 5. The maximum Gasteiger partial charge on any atom is 0.262 e. The zero-order chi connectivity index (χ0) is 43.3. The summed E-state index contributed by atoms with van der Waals surface area (Å²) < 4.78 is 20.4. The van der Waals surface area contributed by atoms with E-state index in [1.165, 1.54) is 11.5 Å². The molecule has 2 saturated carbocycles. The van der Waals surface area contributed by atoms with Gasteiger partial charge in [-0.05, 0) is 85.9 Å². The molecular weight excluding hydrogens is 789 g/mol. The van der Waals surface area contributed by atoms with E-state index >= 15 is 0 Å². The average molecular weight is 841 g/mol. The minimum Gasteiger partial charge on any atom is -0.494 e. The summed E-state index contributed by atoms with van der Waals surface area (Å²) in [5.41, 5.74) is 4.36. The number of piperidine rings is 1. The fourth-order valence-corrected chi connectivity index (χ4v) is 10.1. The van der Waals surface area contributed by atoms with Crippen molar-refractivity contribution >= 4 is 51.3 Å². The van der Waals surface area contributed by atoms with Crippen LogP contribution in [0.2, 0.25) is 0 Å². The van der Waals surface area contributed by atoms with Crippen LogP contribution in [0.3, 0.4) is 0 Å². The highest BCUT2D eigenvalue weighted by Gasteiger charge is 2.57. The van der Waals surface area contributed by atoms with Crippen molar-refractivity contribution in [2.45, 2.75) is 89.8 Å². The number of imide groups is 2. The van der Waals surface area contributed by atoms with Gasteiger partial charge in [0.2, 0.25) is 23.6 Å². The number of rotatable bonds is 15. The van der Waals surface area contributed by atoms with Crippen molar-refractivity contribution < 1.29 is 38.2 Å². The first-order valence-corrected chi connectivity index (χ1v) is 21.7. The number of ether oxygens (including phenoxy) is 3. The molecule has 2 aromatic carbocycles. The number of fused-ring (bicyclic) bond motifs is 4. The number of pyridine rings is 2. The number of benzene rings is 2. The minimum absolute atomic E-state index is 0.0125. The Bertz CT molecular complexity index is 2590. The molecule has 5 aromatic rings. The monoisotopic (exact) mass is 840 g/mol. The van der Waals surface area contributed by atoms with E-state index < -0.39 is 29.7 Å². The molecule has 2 aliphatic heterocycles. The number of carbonyl (C=O) groups is 5. The number of hydrogen-bond acceptors (Lipinski definition) is 10. The molecule has 1 N–H and O–H groups in total. The average Bonchev–Trinajstić information content (AvgIpc) is 3.67. The van der Waals surface area contributed by atoms with E-state index in [0.29, 0.717) is 31.5 Å². The summed E-state index contributed by atoms with van der Waals surface area (Å²) in [4.78, 5) is 75.7. The molecule has 5 amide bonds. The Hall–Kier alpha value is -6.15. The Kier molecular flexibility index (Phi) is 10.8. The van der Waals surface area contributed by atoms with Crippen LogP contribution in [0.15, 0.2) is 73.2 Å². The van der Waals surface area contributed by atoms with E-state index in [0.717, 1.165) is 77.4 Å². The van der Waals surface area contributed by atoms with Gasteiger partial charge in [-0.2, -0.15) is 0 Å². The van der Waals surface area contributed by atoms with E-state index in [4.69, 9.17) is 14.2 Å². The van der Waals surface area contributed by atoms with Crippen LogP contribution in [-0.4, -0.2) is 98.9 Å². The molecule has 1 atom stereocenters. The standard InChI is InChI=1S/C48H52N6O8/c1-5-48(26-47(2,27-48)28-60-18-6-7-19-61-32-10-12-35-36(23-32)45(58)54(44(35)57)39-13-14-41(55)51-43(39)56)46(59)52(3)31-21-33(22-31)62-42-15-9-30(24-50-42)29-8-11-34-37-25-49-17-16-38(37)53(4)40(34)20-29/h8-12,15-17,20,23-25,31,33,39H,5-7,13-14,18-19,21-22,26-28H2,1-4H3,(H,51,55,56). The highest BCUT2D eigenvalue weighted by atomic mass is 16.5. The highest BCUT2D eigenvalue weighted by molar-refractivity contribution is 6.23.